The van der Waals surface area contributed by atoms with E-state index in [1.807, 2.05) is 25.1 Å². The Morgan fingerprint density at radius 1 is 1.40 bits per heavy atom. The predicted octanol–water partition coefficient (Wildman–Crippen LogP) is 3.05. The molecule has 0 bridgehead atoms. The quantitative estimate of drug-likeness (QED) is 0.840. The van der Waals surface area contributed by atoms with Gasteiger partial charge >= 0.3 is 0 Å². The first-order valence-electron chi connectivity index (χ1n) is 5.06. The molecule has 1 aromatic carbocycles. The van der Waals surface area contributed by atoms with Gasteiger partial charge in [0, 0.05) is 18.7 Å². The number of halogens is 1. The summed E-state index contributed by atoms with van der Waals surface area (Å²) in [5, 5.41) is 10.6. The van der Waals surface area contributed by atoms with E-state index in [1.54, 1.807) is 13.2 Å². The Morgan fingerprint density at radius 3 is 2.67 bits per heavy atom. The summed E-state index contributed by atoms with van der Waals surface area (Å²) in [6.07, 6.45) is 0.154. The second-order valence-electron chi connectivity index (χ2n) is 3.83. The van der Waals surface area contributed by atoms with E-state index in [-0.39, 0.29) is 0 Å². The largest absolute Gasteiger partial charge is 0.388 e. The highest BCUT2D eigenvalue weighted by Crippen LogP contribution is 2.27. The first-order valence-corrected chi connectivity index (χ1v) is 5.44. The van der Waals surface area contributed by atoms with Gasteiger partial charge in [0.15, 0.2) is 0 Å². The molecule has 0 fully saturated rings. The fraction of sp³-hybridized carbons (Fsp3) is 0.500. The Hall–Kier alpha value is -0.570. The van der Waals surface area contributed by atoms with Gasteiger partial charge in [-0.3, -0.25) is 0 Å². The average molecular weight is 229 g/mol. The topological polar surface area (TPSA) is 29.5 Å². The van der Waals surface area contributed by atoms with Gasteiger partial charge in [-0.05, 0) is 24.0 Å². The van der Waals surface area contributed by atoms with Gasteiger partial charge in [-0.15, -0.1) is 0 Å². The summed E-state index contributed by atoms with van der Waals surface area (Å²) in [6, 6.07) is 7.39. The molecule has 0 aliphatic carbocycles. The number of rotatable bonds is 5. The molecule has 0 aromatic heterocycles. The van der Waals surface area contributed by atoms with Gasteiger partial charge in [0.1, 0.15) is 0 Å². The van der Waals surface area contributed by atoms with Crippen LogP contribution in [0.1, 0.15) is 25.0 Å². The Kier molecular flexibility index (Phi) is 5.09. The fourth-order valence-electron chi connectivity index (χ4n) is 1.61. The van der Waals surface area contributed by atoms with Crippen molar-refractivity contribution in [2.45, 2.75) is 19.4 Å². The van der Waals surface area contributed by atoms with Crippen molar-refractivity contribution in [2.75, 3.05) is 13.7 Å². The Morgan fingerprint density at radius 2 is 2.07 bits per heavy atom. The van der Waals surface area contributed by atoms with Crippen LogP contribution < -0.4 is 0 Å². The van der Waals surface area contributed by atoms with Crippen LogP contribution >= 0.6 is 11.6 Å². The molecule has 1 aromatic rings. The first-order chi connectivity index (χ1) is 7.15. The van der Waals surface area contributed by atoms with Crippen molar-refractivity contribution in [3.05, 3.63) is 34.9 Å². The van der Waals surface area contributed by atoms with Crippen molar-refractivity contribution < 1.29 is 9.84 Å². The summed E-state index contributed by atoms with van der Waals surface area (Å²) >= 11 is 5.99. The molecular formula is C12H17ClO2. The molecular weight excluding hydrogens is 212 g/mol. The number of aliphatic hydroxyl groups is 1. The SMILES string of the molecule is COCC(C)CC(O)c1ccccc1Cl. The van der Waals surface area contributed by atoms with Gasteiger partial charge < -0.3 is 9.84 Å². The van der Waals surface area contributed by atoms with Crippen molar-refractivity contribution in [1.29, 1.82) is 0 Å². The van der Waals surface area contributed by atoms with Gasteiger partial charge in [0.25, 0.3) is 0 Å². The number of ether oxygens (including phenoxy) is 1. The molecule has 2 atom stereocenters. The maximum Gasteiger partial charge on any atom is 0.0807 e. The molecule has 1 N–H and O–H groups in total. The smallest absolute Gasteiger partial charge is 0.0807 e. The van der Waals surface area contributed by atoms with E-state index in [0.717, 1.165) is 5.56 Å². The maximum absolute atomic E-state index is 9.96. The van der Waals surface area contributed by atoms with Crippen LogP contribution in [0.5, 0.6) is 0 Å². The first kappa shape index (κ1) is 12.5. The third-order valence-electron chi connectivity index (χ3n) is 2.34. The number of aliphatic hydroxyl groups excluding tert-OH is 1. The van der Waals surface area contributed by atoms with Crippen LogP contribution in [0.2, 0.25) is 5.02 Å². The van der Waals surface area contributed by atoms with Gasteiger partial charge in [0.2, 0.25) is 0 Å². The van der Waals surface area contributed by atoms with E-state index in [4.69, 9.17) is 16.3 Å². The molecule has 84 valence electrons. The monoisotopic (exact) mass is 228 g/mol. The van der Waals surface area contributed by atoms with E-state index < -0.39 is 6.10 Å². The molecule has 0 aliphatic heterocycles. The lowest BCUT2D eigenvalue weighted by Gasteiger charge is -2.16. The normalized spacial score (nSPS) is 14.9. The van der Waals surface area contributed by atoms with Gasteiger partial charge in [-0.25, -0.2) is 0 Å². The second kappa shape index (κ2) is 6.11. The number of benzene rings is 1. The van der Waals surface area contributed by atoms with E-state index in [1.165, 1.54) is 0 Å². The molecule has 0 saturated carbocycles. The predicted molar refractivity (Wildman–Crippen MR) is 62.1 cm³/mol. The highest BCUT2D eigenvalue weighted by Gasteiger charge is 2.14. The van der Waals surface area contributed by atoms with Crippen LogP contribution in [0.25, 0.3) is 0 Å². The van der Waals surface area contributed by atoms with Crippen LogP contribution in [-0.2, 0) is 4.74 Å². The van der Waals surface area contributed by atoms with Crippen LogP contribution in [0.4, 0.5) is 0 Å². The van der Waals surface area contributed by atoms with Crippen molar-refractivity contribution in [2.24, 2.45) is 5.92 Å². The Balaban J connectivity index is 2.61. The van der Waals surface area contributed by atoms with Gasteiger partial charge in [0.05, 0.1) is 6.10 Å². The van der Waals surface area contributed by atoms with Crippen LogP contribution in [0, 0.1) is 5.92 Å². The molecule has 3 heteroatoms. The van der Waals surface area contributed by atoms with Crippen molar-refractivity contribution >= 4 is 11.6 Å². The van der Waals surface area contributed by atoms with E-state index in [2.05, 4.69) is 0 Å². The molecule has 0 amide bonds. The fourth-order valence-corrected chi connectivity index (χ4v) is 1.87. The van der Waals surface area contributed by atoms with Crippen molar-refractivity contribution in [3.8, 4) is 0 Å². The summed E-state index contributed by atoms with van der Waals surface area (Å²) in [5.41, 5.74) is 0.794. The minimum atomic E-state index is -0.510. The summed E-state index contributed by atoms with van der Waals surface area (Å²) in [4.78, 5) is 0. The van der Waals surface area contributed by atoms with Crippen LogP contribution in [0.15, 0.2) is 24.3 Å². The van der Waals surface area contributed by atoms with Gasteiger partial charge in [-0.1, -0.05) is 36.7 Å². The maximum atomic E-state index is 9.96. The molecule has 0 saturated heterocycles. The Labute approximate surface area is 95.8 Å². The van der Waals surface area contributed by atoms with E-state index in [0.29, 0.717) is 24.0 Å². The molecule has 2 unspecified atom stereocenters. The molecule has 1 rings (SSSR count). The van der Waals surface area contributed by atoms with Crippen LogP contribution in [0.3, 0.4) is 0 Å². The summed E-state index contributed by atoms with van der Waals surface area (Å²) in [5.74, 6) is 0.321. The zero-order valence-electron chi connectivity index (χ0n) is 9.11. The standard InChI is InChI=1S/C12H17ClO2/c1-9(8-15-2)7-12(14)10-5-3-4-6-11(10)13/h3-6,9,12,14H,7-8H2,1-2H3. The second-order valence-corrected chi connectivity index (χ2v) is 4.24. The molecule has 0 spiro atoms. The molecule has 15 heavy (non-hydrogen) atoms. The number of hydrogen-bond acceptors (Lipinski definition) is 2. The zero-order chi connectivity index (χ0) is 11.3. The van der Waals surface area contributed by atoms with Crippen molar-refractivity contribution in [1.82, 2.24) is 0 Å². The summed E-state index contributed by atoms with van der Waals surface area (Å²) in [6.45, 7) is 2.70. The van der Waals surface area contributed by atoms with Gasteiger partial charge in [-0.2, -0.15) is 0 Å². The number of methoxy groups -OCH3 is 1. The summed E-state index contributed by atoms with van der Waals surface area (Å²) < 4.78 is 5.03. The summed E-state index contributed by atoms with van der Waals surface area (Å²) in [7, 11) is 1.67. The number of hydrogen-bond donors (Lipinski definition) is 1. The average Bonchev–Trinajstić information content (AvgIpc) is 2.18. The minimum Gasteiger partial charge on any atom is -0.388 e. The lowest BCUT2D eigenvalue weighted by atomic mass is 9.99. The zero-order valence-corrected chi connectivity index (χ0v) is 9.87. The third-order valence-corrected chi connectivity index (χ3v) is 2.69. The highest BCUT2D eigenvalue weighted by atomic mass is 35.5. The van der Waals surface area contributed by atoms with Crippen molar-refractivity contribution in [3.63, 3.8) is 0 Å². The van der Waals surface area contributed by atoms with Crippen LogP contribution in [-0.4, -0.2) is 18.8 Å². The van der Waals surface area contributed by atoms with E-state index >= 15 is 0 Å². The molecule has 0 radical (unpaired) electrons. The lowest BCUT2D eigenvalue weighted by molar-refractivity contribution is 0.102. The molecule has 0 heterocycles. The molecule has 2 nitrogen and oxygen atoms in total. The Bertz CT molecular complexity index is 301. The third kappa shape index (κ3) is 3.82. The van der Waals surface area contributed by atoms with E-state index in [9.17, 15) is 5.11 Å². The minimum absolute atomic E-state index is 0.321. The lowest BCUT2D eigenvalue weighted by Crippen LogP contribution is -2.09. The molecule has 0 aliphatic rings. The highest BCUT2D eigenvalue weighted by molar-refractivity contribution is 6.31.